The van der Waals surface area contributed by atoms with Crippen LogP contribution in [-0.4, -0.2) is 104 Å². The molecule has 0 rings (SSSR count). The molecule has 6 atom stereocenters. The fraction of sp³-hybridized carbons (Fsp3) is 0.971. The third-order valence-corrected chi connectivity index (χ3v) is 8.60. The van der Waals surface area contributed by atoms with Crippen molar-refractivity contribution in [3.05, 3.63) is 0 Å². The number of rotatable bonds is 33. The van der Waals surface area contributed by atoms with Crippen LogP contribution in [0.4, 0.5) is 0 Å². The zero-order valence-electron chi connectivity index (χ0n) is 27.5. The molecule has 0 aromatic heterocycles. The van der Waals surface area contributed by atoms with Crippen molar-refractivity contribution in [2.24, 2.45) is 11.8 Å². The van der Waals surface area contributed by atoms with Gasteiger partial charge in [0.05, 0.1) is 50.7 Å². The van der Waals surface area contributed by atoms with Crippen LogP contribution in [0.5, 0.6) is 0 Å². The fourth-order valence-electron chi connectivity index (χ4n) is 5.80. The molecule has 0 aliphatic carbocycles. The minimum Gasteiger partial charge on any atom is -0.463 e. The number of esters is 1. The lowest BCUT2D eigenvalue weighted by Gasteiger charge is -2.29. The molecule has 0 bridgehead atoms. The molecular formula is C34H68O10. The van der Waals surface area contributed by atoms with E-state index in [0.29, 0.717) is 12.8 Å². The van der Waals surface area contributed by atoms with E-state index in [2.05, 4.69) is 0 Å². The van der Waals surface area contributed by atoms with Gasteiger partial charge in [0.1, 0.15) is 12.7 Å². The van der Waals surface area contributed by atoms with Gasteiger partial charge in [0, 0.05) is 0 Å². The minimum atomic E-state index is -1.20. The van der Waals surface area contributed by atoms with E-state index < -0.39 is 56.1 Å². The number of ether oxygens (including phenoxy) is 1. The Morgan fingerprint density at radius 2 is 0.773 bits per heavy atom. The van der Waals surface area contributed by atoms with Gasteiger partial charge < -0.3 is 45.6 Å². The van der Waals surface area contributed by atoms with E-state index in [0.717, 1.165) is 38.5 Å². The first-order valence-electron chi connectivity index (χ1n) is 17.6. The number of carbonyl (C=O) groups excluding carboxylic acids is 1. The Balaban J connectivity index is 4.04. The molecule has 0 aliphatic heterocycles. The molecule has 0 spiro atoms. The van der Waals surface area contributed by atoms with Crippen molar-refractivity contribution in [2.45, 2.75) is 166 Å². The Morgan fingerprint density at radius 3 is 1.16 bits per heavy atom. The third-order valence-electron chi connectivity index (χ3n) is 8.60. The quantitative estimate of drug-likeness (QED) is 0.0389. The van der Waals surface area contributed by atoms with E-state index in [1.807, 2.05) is 0 Å². The summed E-state index contributed by atoms with van der Waals surface area (Å²) in [6, 6.07) is 0. The van der Waals surface area contributed by atoms with E-state index in [1.54, 1.807) is 0 Å². The molecule has 0 amide bonds. The average molecular weight is 637 g/mol. The second-order valence-electron chi connectivity index (χ2n) is 12.8. The van der Waals surface area contributed by atoms with Crippen LogP contribution in [0.3, 0.4) is 0 Å². The maximum atomic E-state index is 12.8. The Bertz CT molecular complexity index is 623. The van der Waals surface area contributed by atoms with Crippen molar-refractivity contribution in [2.75, 3.05) is 33.0 Å². The lowest BCUT2D eigenvalue weighted by molar-refractivity contribution is -0.156. The number of aliphatic hydroxyl groups excluding tert-OH is 8. The van der Waals surface area contributed by atoms with E-state index in [4.69, 9.17) is 14.9 Å². The van der Waals surface area contributed by atoms with Crippen molar-refractivity contribution in [1.82, 2.24) is 0 Å². The largest absolute Gasteiger partial charge is 0.463 e. The summed E-state index contributed by atoms with van der Waals surface area (Å²) in [5, 5.41) is 75.5. The number of unbranched alkanes of at least 4 members (excludes halogenated alkanes) is 17. The van der Waals surface area contributed by atoms with E-state index in [-0.39, 0.29) is 32.0 Å². The third kappa shape index (κ3) is 25.4. The number of aliphatic hydroxyl groups is 8. The summed E-state index contributed by atoms with van der Waals surface area (Å²) in [5.74, 6) is -1.82. The van der Waals surface area contributed by atoms with Crippen LogP contribution in [0, 0.1) is 11.8 Å². The normalized spacial score (nSPS) is 15.9. The van der Waals surface area contributed by atoms with Crippen molar-refractivity contribution < 1.29 is 50.4 Å². The van der Waals surface area contributed by atoms with Gasteiger partial charge in [-0.1, -0.05) is 116 Å². The second kappa shape index (κ2) is 30.8. The molecule has 0 aromatic rings. The van der Waals surface area contributed by atoms with Gasteiger partial charge in [-0.05, 0) is 31.6 Å². The molecule has 0 fully saturated rings. The molecule has 44 heavy (non-hydrogen) atoms. The molecule has 0 radical (unpaired) electrons. The highest BCUT2D eigenvalue weighted by atomic mass is 16.5. The maximum Gasteiger partial charge on any atom is 0.309 e. The van der Waals surface area contributed by atoms with Gasteiger partial charge in [-0.2, -0.15) is 0 Å². The van der Waals surface area contributed by atoms with Crippen molar-refractivity contribution >= 4 is 5.97 Å². The van der Waals surface area contributed by atoms with Crippen LogP contribution in [0.2, 0.25) is 0 Å². The Labute approximate surface area is 266 Å². The van der Waals surface area contributed by atoms with E-state index >= 15 is 0 Å². The highest BCUT2D eigenvalue weighted by molar-refractivity contribution is 5.72. The molecule has 0 aliphatic rings. The number of hydrogen-bond acceptors (Lipinski definition) is 10. The molecule has 8 N–H and O–H groups in total. The highest BCUT2D eigenvalue weighted by Gasteiger charge is 2.33. The van der Waals surface area contributed by atoms with Crippen LogP contribution in [-0.2, 0) is 9.53 Å². The first kappa shape index (κ1) is 43.1. The minimum absolute atomic E-state index is 0.0479. The van der Waals surface area contributed by atoms with Crippen LogP contribution in [0.1, 0.15) is 141 Å². The predicted octanol–water partition coefficient (Wildman–Crippen LogP) is 3.76. The maximum absolute atomic E-state index is 12.8. The topological polar surface area (TPSA) is 188 Å². The van der Waals surface area contributed by atoms with Crippen molar-refractivity contribution in [3.8, 4) is 0 Å². The SMILES string of the molecule is O=C(OCC(O)CO)C(CC(O)CO)C(CCCCCCCCCCCCCCCCCCCCC(O)CO)CC(O)CO. The van der Waals surface area contributed by atoms with Crippen LogP contribution in [0.25, 0.3) is 0 Å². The van der Waals surface area contributed by atoms with Crippen molar-refractivity contribution in [3.63, 3.8) is 0 Å². The second-order valence-corrected chi connectivity index (χ2v) is 12.8. The number of carbonyl (C=O) groups is 1. The molecule has 10 nitrogen and oxygen atoms in total. The van der Waals surface area contributed by atoms with Crippen LogP contribution in [0.15, 0.2) is 0 Å². The molecule has 0 saturated carbocycles. The first-order valence-corrected chi connectivity index (χ1v) is 17.6. The smallest absolute Gasteiger partial charge is 0.309 e. The van der Waals surface area contributed by atoms with Crippen molar-refractivity contribution in [1.29, 1.82) is 0 Å². The summed E-state index contributed by atoms with van der Waals surface area (Å²) in [6.45, 7) is -2.01. The van der Waals surface area contributed by atoms with Gasteiger partial charge in [0.25, 0.3) is 0 Å². The Hall–Kier alpha value is -0.850. The molecule has 264 valence electrons. The van der Waals surface area contributed by atoms with Crippen LogP contribution >= 0.6 is 0 Å². The van der Waals surface area contributed by atoms with Gasteiger partial charge >= 0.3 is 5.97 Å². The van der Waals surface area contributed by atoms with Gasteiger partial charge in [-0.3, -0.25) is 4.79 Å². The summed E-state index contributed by atoms with van der Waals surface area (Å²) >= 11 is 0. The fourth-order valence-corrected chi connectivity index (χ4v) is 5.80. The lowest BCUT2D eigenvalue weighted by atomic mass is 9.80. The monoisotopic (exact) mass is 636 g/mol. The van der Waals surface area contributed by atoms with E-state index in [1.165, 1.54) is 77.0 Å². The van der Waals surface area contributed by atoms with Gasteiger partial charge in [0.15, 0.2) is 0 Å². The summed E-state index contributed by atoms with van der Waals surface area (Å²) in [4.78, 5) is 12.8. The highest BCUT2D eigenvalue weighted by Crippen LogP contribution is 2.30. The molecule has 0 saturated heterocycles. The zero-order valence-corrected chi connectivity index (χ0v) is 27.5. The van der Waals surface area contributed by atoms with Crippen LogP contribution < -0.4 is 0 Å². The van der Waals surface area contributed by atoms with Gasteiger partial charge in [-0.15, -0.1) is 0 Å². The average Bonchev–Trinajstić information content (AvgIpc) is 3.03. The van der Waals surface area contributed by atoms with Gasteiger partial charge in [0.2, 0.25) is 0 Å². The Morgan fingerprint density at radius 1 is 0.432 bits per heavy atom. The molecule has 0 heterocycles. The molecule has 6 unspecified atom stereocenters. The van der Waals surface area contributed by atoms with Gasteiger partial charge in [-0.25, -0.2) is 0 Å². The molecular weight excluding hydrogens is 568 g/mol. The lowest BCUT2D eigenvalue weighted by Crippen LogP contribution is -2.35. The number of hydrogen-bond donors (Lipinski definition) is 8. The summed E-state index contributed by atoms with van der Waals surface area (Å²) in [6.07, 6.45) is 19.1. The summed E-state index contributed by atoms with van der Waals surface area (Å²) in [5.41, 5.74) is 0. The zero-order chi connectivity index (χ0) is 32.8. The van der Waals surface area contributed by atoms with E-state index in [9.17, 15) is 35.4 Å². The molecule has 10 heteroatoms. The Kier molecular flexibility index (Phi) is 30.2. The molecule has 0 aromatic carbocycles. The first-order chi connectivity index (χ1) is 21.3. The predicted molar refractivity (Wildman–Crippen MR) is 172 cm³/mol. The summed E-state index contributed by atoms with van der Waals surface area (Å²) in [7, 11) is 0. The summed E-state index contributed by atoms with van der Waals surface area (Å²) < 4.78 is 5.15. The standard InChI is InChI=1S/C34H68O10/c35-23-29(39)20-18-16-14-12-10-8-6-4-2-1-3-5-7-9-11-13-15-17-19-28(21-30(40)24-36)33(22-31(41)25-37)34(43)44-27-32(42)26-38/h28-33,35-42H,1-27H2.